The first-order valence-corrected chi connectivity index (χ1v) is 11.1. The molecule has 0 radical (unpaired) electrons. The van der Waals surface area contributed by atoms with E-state index in [4.69, 9.17) is 0 Å². The molecule has 3 aromatic rings. The third-order valence-electron chi connectivity index (χ3n) is 4.52. The van der Waals surface area contributed by atoms with Crippen molar-refractivity contribution < 1.29 is 0 Å². The Labute approximate surface area is 179 Å². The number of hydrogen-bond donors (Lipinski definition) is 0. The molecule has 0 N–H and O–H groups in total. The maximum Gasteiger partial charge on any atom is 0.0410 e. The molecule has 0 aliphatic heterocycles. The number of aryl methyl sites for hydroxylation is 3. The van der Waals surface area contributed by atoms with E-state index in [1.54, 1.807) is 0 Å². The fourth-order valence-electron chi connectivity index (χ4n) is 3.01. The summed E-state index contributed by atoms with van der Waals surface area (Å²) in [5.41, 5.74) is 6.63. The lowest BCUT2D eigenvalue weighted by Crippen LogP contribution is -2.17. The SMILES string of the molecule is CC.CCCN(c1ccccc1)c1ccc(C)cc1.CCCc1ccc(C)cc1. The van der Waals surface area contributed by atoms with Crippen molar-refractivity contribution >= 4 is 11.4 Å². The summed E-state index contributed by atoms with van der Waals surface area (Å²) in [4.78, 5) is 2.36. The lowest BCUT2D eigenvalue weighted by Gasteiger charge is -2.24. The van der Waals surface area contributed by atoms with E-state index >= 15 is 0 Å². The largest absolute Gasteiger partial charge is 0.342 e. The monoisotopic (exact) mass is 389 g/mol. The molecule has 0 aromatic heterocycles. The number of para-hydroxylation sites is 1. The quantitative estimate of drug-likeness (QED) is 0.408. The highest BCUT2D eigenvalue weighted by atomic mass is 15.1. The van der Waals surface area contributed by atoms with Crippen molar-refractivity contribution in [2.45, 2.75) is 60.8 Å². The molecular weight excluding hydrogens is 350 g/mol. The minimum Gasteiger partial charge on any atom is -0.342 e. The molecule has 0 bridgehead atoms. The molecule has 29 heavy (non-hydrogen) atoms. The first kappa shape index (κ1) is 24.5. The van der Waals surface area contributed by atoms with Crippen LogP contribution in [0.1, 0.15) is 57.2 Å². The zero-order valence-electron chi connectivity index (χ0n) is 19.3. The number of nitrogens with zero attached hydrogens (tertiary/aromatic N) is 1. The van der Waals surface area contributed by atoms with E-state index in [0.717, 1.165) is 13.0 Å². The Morgan fingerprint density at radius 2 is 1.07 bits per heavy atom. The van der Waals surface area contributed by atoms with Crippen LogP contribution in [0.2, 0.25) is 0 Å². The zero-order valence-corrected chi connectivity index (χ0v) is 19.3. The molecule has 0 aliphatic carbocycles. The first-order chi connectivity index (χ1) is 14.1. The van der Waals surface area contributed by atoms with Gasteiger partial charge < -0.3 is 4.90 Å². The van der Waals surface area contributed by atoms with Crippen LogP contribution >= 0.6 is 0 Å². The van der Waals surface area contributed by atoms with Crippen LogP contribution in [-0.4, -0.2) is 6.54 Å². The molecule has 0 aliphatic rings. The maximum atomic E-state index is 2.36. The Kier molecular flexibility index (Phi) is 12.2. The van der Waals surface area contributed by atoms with Crippen LogP contribution < -0.4 is 4.90 Å². The van der Waals surface area contributed by atoms with Crippen LogP contribution in [0.3, 0.4) is 0 Å². The second-order valence-corrected chi connectivity index (χ2v) is 7.06. The van der Waals surface area contributed by atoms with E-state index in [9.17, 15) is 0 Å². The van der Waals surface area contributed by atoms with Crippen LogP contribution in [0.5, 0.6) is 0 Å². The Morgan fingerprint density at radius 3 is 1.55 bits per heavy atom. The van der Waals surface area contributed by atoms with E-state index in [2.05, 4.69) is 111 Å². The van der Waals surface area contributed by atoms with Gasteiger partial charge in [0.15, 0.2) is 0 Å². The standard InChI is InChI=1S/C16H19N.C10H14.C2H6/c1-3-13-17(15-7-5-4-6-8-15)16-11-9-14(2)10-12-16;1-3-4-10-7-5-9(2)6-8-10;1-2/h4-12H,3,13H2,1-2H3;5-8H,3-4H2,1-2H3;1-2H3. The molecule has 1 nitrogen and oxygen atoms in total. The van der Waals surface area contributed by atoms with Crippen LogP contribution in [-0.2, 0) is 6.42 Å². The van der Waals surface area contributed by atoms with Gasteiger partial charge in [0.05, 0.1) is 0 Å². The minimum atomic E-state index is 1.05. The Hall–Kier alpha value is -2.54. The number of rotatable bonds is 6. The summed E-state index contributed by atoms with van der Waals surface area (Å²) in [5, 5.41) is 0. The van der Waals surface area contributed by atoms with Crippen molar-refractivity contribution in [1.82, 2.24) is 0 Å². The molecule has 0 amide bonds. The molecule has 0 saturated carbocycles. The third kappa shape index (κ3) is 9.00. The molecule has 0 atom stereocenters. The van der Waals surface area contributed by atoms with Crippen LogP contribution in [0.15, 0.2) is 78.9 Å². The summed E-state index contributed by atoms with van der Waals surface area (Å²) < 4.78 is 0. The number of hydrogen-bond acceptors (Lipinski definition) is 1. The average molecular weight is 390 g/mol. The second-order valence-electron chi connectivity index (χ2n) is 7.06. The molecule has 0 unspecified atom stereocenters. The van der Waals surface area contributed by atoms with Crippen molar-refractivity contribution in [3.05, 3.63) is 95.6 Å². The first-order valence-electron chi connectivity index (χ1n) is 11.1. The molecule has 3 rings (SSSR count). The van der Waals surface area contributed by atoms with Crippen LogP contribution in [0.4, 0.5) is 11.4 Å². The van der Waals surface area contributed by atoms with E-state index in [-0.39, 0.29) is 0 Å². The Balaban J connectivity index is 0.000000299. The summed E-state index contributed by atoms with van der Waals surface area (Å²) in [6.07, 6.45) is 3.59. The number of benzene rings is 3. The summed E-state index contributed by atoms with van der Waals surface area (Å²) in [6, 6.07) is 28.0. The predicted octanol–water partition coefficient (Wildman–Crippen LogP) is 8.52. The fraction of sp³-hybridized carbons (Fsp3) is 0.357. The summed E-state index contributed by atoms with van der Waals surface area (Å²) in [7, 11) is 0. The van der Waals surface area contributed by atoms with E-state index in [1.165, 1.54) is 40.9 Å². The lowest BCUT2D eigenvalue weighted by atomic mass is 10.1. The van der Waals surface area contributed by atoms with Gasteiger partial charge in [-0.3, -0.25) is 0 Å². The average Bonchev–Trinajstić information content (AvgIpc) is 2.77. The fourth-order valence-corrected chi connectivity index (χ4v) is 3.01. The zero-order chi connectivity index (χ0) is 21.5. The Morgan fingerprint density at radius 1 is 0.586 bits per heavy atom. The van der Waals surface area contributed by atoms with Gasteiger partial charge in [0, 0.05) is 17.9 Å². The minimum absolute atomic E-state index is 1.05. The molecule has 0 fully saturated rings. The molecule has 156 valence electrons. The molecule has 0 saturated heterocycles. The molecule has 0 heterocycles. The highest BCUT2D eigenvalue weighted by Gasteiger charge is 2.06. The van der Waals surface area contributed by atoms with E-state index in [0.29, 0.717) is 0 Å². The molecule has 3 aromatic carbocycles. The van der Waals surface area contributed by atoms with Crippen molar-refractivity contribution in [1.29, 1.82) is 0 Å². The van der Waals surface area contributed by atoms with Gasteiger partial charge in [0.1, 0.15) is 0 Å². The van der Waals surface area contributed by atoms with Gasteiger partial charge in [-0.15, -0.1) is 0 Å². The van der Waals surface area contributed by atoms with E-state index < -0.39 is 0 Å². The molecular formula is C28H39N. The predicted molar refractivity (Wildman–Crippen MR) is 131 cm³/mol. The van der Waals surface area contributed by atoms with E-state index in [1.807, 2.05) is 13.8 Å². The van der Waals surface area contributed by atoms with Crippen molar-refractivity contribution in [2.75, 3.05) is 11.4 Å². The van der Waals surface area contributed by atoms with Crippen LogP contribution in [0, 0.1) is 13.8 Å². The molecule has 1 heteroatoms. The van der Waals surface area contributed by atoms with Gasteiger partial charge in [0.2, 0.25) is 0 Å². The Bertz CT molecular complexity index is 758. The van der Waals surface area contributed by atoms with Crippen LogP contribution in [0.25, 0.3) is 0 Å². The van der Waals surface area contributed by atoms with Gasteiger partial charge in [-0.25, -0.2) is 0 Å². The normalized spacial score (nSPS) is 9.59. The third-order valence-corrected chi connectivity index (χ3v) is 4.52. The van der Waals surface area contributed by atoms with Gasteiger partial charge in [-0.1, -0.05) is 99.8 Å². The summed E-state index contributed by atoms with van der Waals surface area (Å²) in [5.74, 6) is 0. The molecule has 0 spiro atoms. The summed E-state index contributed by atoms with van der Waals surface area (Å²) in [6.45, 7) is 13.7. The number of anilines is 2. The maximum absolute atomic E-state index is 2.36. The van der Waals surface area contributed by atoms with Gasteiger partial charge in [-0.2, -0.15) is 0 Å². The van der Waals surface area contributed by atoms with Crippen molar-refractivity contribution in [3.63, 3.8) is 0 Å². The highest BCUT2D eigenvalue weighted by molar-refractivity contribution is 5.63. The topological polar surface area (TPSA) is 3.24 Å². The van der Waals surface area contributed by atoms with Crippen molar-refractivity contribution in [3.8, 4) is 0 Å². The van der Waals surface area contributed by atoms with Gasteiger partial charge >= 0.3 is 0 Å². The smallest absolute Gasteiger partial charge is 0.0410 e. The summed E-state index contributed by atoms with van der Waals surface area (Å²) >= 11 is 0. The highest BCUT2D eigenvalue weighted by Crippen LogP contribution is 2.25. The van der Waals surface area contributed by atoms with Gasteiger partial charge in [-0.05, 0) is 56.5 Å². The second kappa shape index (κ2) is 14.5. The van der Waals surface area contributed by atoms with Crippen molar-refractivity contribution in [2.24, 2.45) is 0 Å². The van der Waals surface area contributed by atoms with Gasteiger partial charge in [0.25, 0.3) is 0 Å². The lowest BCUT2D eigenvalue weighted by molar-refractivity contribution is 0.885.